The normalized spacial score (nSPS) is 13.9. The summed E-state index contributed by atoms with van der Waals surface area (Å²) in [6.07, 6.45) is 3.27. The number of anilines is 1. The van der Waals surface area contributed by atoms with Crippen molar-refractivity contribution in [2.75, 3.05) is 32.1 Å². The van der Waals surface area contributed by atoms with Gasteiger partial charge in [0.2, 0.25) is 5.91 Å². The standard InChI is InChI=1S/C31H32N2O3/c1-3-9-25-20-26(22-34)30(36-2)21-29(25)32-31(35)16-19-33-17-14-24(15-18-33)28-13-8-7-12-27(28)23-10-5-4-6-11-23/h4-8,10-13,20-22,24H,14-19H2,1-2H3,(H,32,35). The highest BCUT2D eigenvalue weighted by molar-refractivity contribution is 5.94. The van der Waals surface area contributed by atoms with Crippen molar-refractivity contribution < 1.29 is 14.3 Å². The Hall–Kier alpha value is -3.88. The summed E-state index contributed by atoms with van der Waals surface area (Å²) in [5.74, 6) is 6.65. The minimum absolute atomic E-state index is 0.0772. The van der Waals surface area contributed by atoms with E-state index >= 15 is 0 Å². The smallest absolute Gasteiger partial charge is 0.225 e. The number of hydrogen-bond acceptors (Lipinski definition) is 4. The summed E-state index contributed by atoms with van der Waals surface area (Å²) in [4.78, 5) is 26.5. The van der Waals surface area contributed by atoms with E-state index in [0.29, 0.717) is 41.4 Å². The summed E-state index contributed by atoms with van der Waals surface area (Å²) >= 11 is 0. The van der Waals surface area contributed by atoms with Crippen LogP contribution in [0.25, 0.3) is 11.1 Å². The van der Waals surface area contributed by atoms with E-state index in [9.17, 15) is 9.59 Å². The molecule has 3 aromatic rings. The van der Waals surface area contributed by atoms with Crippen molar-refractivity contribution >= 4 is 17.9 Å². The Labute approximate surface area is 213 Å². The molecule has 5 heteroatoms. The van der Waals surface area contributed by atoms with Crippen molar-refractivity contribution in [2.45, 2.75) is 32.1 Å². The number of nitrogens with one attached hydrogen (secondary N) is 1. The summed E-state index contributed by atoms with van der Waals surface area (Å²) in [5.41, 5.74) is 5.57. The fourth-order valence-corrected chi connectivity index (χ4v) is 4.88. The summed E-state index contributed by atoms with van der Waals surface area (Å²) in [6.45, 7) is 4.36. The average molecular weight is 481 g/mol. The van der Waals surface area contributed by atoms with Crippen LogP contribution in [0.5, 0.6) is 5.75 Å². The van der Waals surface area contributed by atoms with Crippen LogP contribution in [0.4, 0.5) is 5.69 Å². The molecule has 1 saturated heterocycles. The SMILES string of the molecule is CC#Cc1cc(C=O)c(OC)cc1NC(=O)CCN1CCC(c2ccccc2-c2ccccc2)CC1. The molecule has 0 radical (unpaired) electrons. The van der Waals surface area contributed by atoms with Crippen molar-refractivity contribution in [3.63, 3.8) is 0 Å². The van der Waals surface area contributed by atoms with E-state index < -0.39 is 0 Å². The first-order chi connectivity index (χ1) is 17.6. The Bertz CT molecular complexity index is 1270. The number of rotatable bonds is 8. The highest BCUT2D eigenvalue weighted by Crippen LogP contribution is 2.35. The van der Waals surface area contributed by atoms with Crippen LogP contribution in [-0.4, -0.2) is 43.8 Å². The number of amides is 1. The van der Waals surface area contributed by atoms with Crippen LogP contribution in [0.3, 0.4) is 0 Å². The van der Waals surface area contributed by atoms with Crippen LogP contribution in [0.1, 0.15) is 53.6 Å². The van der Waals surface area contributed by atoms with E-state index in [4.69, 9.17) is 4.74 Å². The Kier molecular flexibility index (Phi) is 8.54. The summed E-state index contributed by atoms with van der Waals surface area (Å²) < 4.78 is 5.29. The second-order valence-electron chi connectivity index (χ2n) is 9.00. The maximum absolute atomic E-state index is 12.8. The number of benzene rings is 3. The molecule has 1 aliphatic rings. The third-order valence-corrected chi connectivity index (χ3v) is 6.76. The highest BCUT2D eigenvalue weighted by Gasteiger charge is 2.23. The monoisotopic (exact) mass is 480 g/mol. The van der Waals surface area contributed by atoms with E-state index in [1.54, 1.807) is 19.1 Å². The van der Waals surface area contributed by atoms with Gasteiger partial charge in [-0.25, -0.2) is 0 Å². The van der Waals surface area contributed by atoms with E-state index in [1.807, 2.05) is 0 Å². The second kappa shape index (κ2) is 12.2. The predicted octanol–water partition coefficient (Wildman–Crippen LogP) is 5.75. The number of aldehydes is 1. The van der Waals surface area contributed by atoms with Crippen LogP contribution in [0.15, 0.2) is 66.7 Å². The molecule has 36 heavy (non-hydrogen) atoms. The lowest BCUT2D eigenvalue weighted by Crippen LogP contribution is -2.35. The zero-order chi connectivity index (χ0) is 25.3. The maximum atomic E-state index is 12.8. The largest absolute Gasteiger partial charge is 0.496 e. The highest BCUT2D eigenvalue weighted by atomic mass is 16.5. The first-order valence-electron chi connectivity index (χ1n) is 12.4. The molecular weight excluding hydrogens is 448 g/mol. The minimum atomic E-state index is -0.0772. The lowest BCUT2D eigenvalue weighted by Gasteiger charge is -2.33. The zero-order valence-corrected chi connectivity index (χ0v) is 20.9. The number of ether oxygens (including phenoxy) is 1. The third-order valence-electron chi connectivity index (χ3n) is 6.76. The van der Waals surface area contributed by atoms with Gasteiger partial charge in [0.1, 0.15) is 5.75 Å². The molecule has 0 aliphatic carbocycles. The van der Waals surface area contributed by atoms with Gasteiger partial charge >= 0.3 is 0 Å². The molecule has 3 aromatic carbocycles. The van der Waals surface area contributed by atoms with Crippen molar-refractivity contribution in [1.82, 2.24) is 4.90 Å². The van der Waals surface area contributed by atoms with Crippen LogP contribution in [0.2, 0.25) is 0 Å². The number of methoxy groups -OCH3 is 1. The van der Waals surface area contributed by atoms with Gasteiger partial charge in [-0.15, -0.1) is 5.92 Å². The van der Waals surface area contributed by atoms with Gasteiger partial charge in [-0.2, -0.15) is 0 Å². The van der Waals surface area contributed by atoms with Gasteiger partial charge in [-0.3, -0.25) is 9.59 Å². The lowest BCUT2D eigenvalue weighted by molar-refractivity contribution is -0.116. The summed E-state index contributed by atoms with van der Waals surface area (Å²) in [5, 5.41) is 2.96. The molecule has 5 nitrogen and oxygen atoms in total. The molecule has 0 atom stereocenters. The number of nitrogens with zero attached hydrogens (tertiary/aromatic N) is 1. The molecule has 0 aromatic heterocycles. The molecule has 1 fully saturated rings. The summed E-state index contributed by atoms with van der Waals surface area (Å²) in [6, 6.07) is 22.6. The first-order valence-corrected chi connectivity index (χ1v) is 12.4. The molecule has 0 bridgehead atoms. The molecule has 4 rings (SSSR count). The van der Waals surface area contributed by atoms with E-state index in [0.717, 1.165) is 32.2 Å². The third kappa shape index (κ3) is 6.02. The van der Waals surface area contributed by atoms with Crippen molar-refractivity contribution in [1.29, 1.82) is 0 Å². The van der Waals surface area contributed by atoms with Crippen LogP contribution < -0.4 is 10.1 Å². The van der Waals surface area contributed by atoms with Crippen LogP contribution >= 0.6 is 0 Å². The predicted molar refractivity (Wildman–Crippen MR) is 144 cm³/mol. The lowest BCUT2D eigenvalue weighted by atomic mass is 9.84. The summed E-state index contributed by atoms with van der Waals surface area (Å²) in [7, 11) is 1.50. The molecule has 0 saturated carbocycles. The first kappa shape index (κ1) is 25.2. The molecule has 1 aliphatic heterocycles. The Morgan fingerprint density at radius 3 is 2.50 bits per heavy atom. The Morgan fingerprint density at radius 1 is 1.08 bits per heavy atom. The van der Waals surface area contributed by atoms with Crippen LogP contribution in [-0.2, 0) is 4.79 Å². The fraction of sp³-hybridized carbons (Fsp3) is 0.290. The van der Waals surface area contributed by atoms with Gasteiger partial charge in [0.25, 0.3) is 0 Å². The molecule has 1 amide bonds. The Morgan fingerprint density at radius 2 is 1.81 bits per heavy atom. The molecule has 184 valence electrons. The number of carbonyl (C=O) groups excluding carboxylic acids is 2. The molecule has 1 N–H and O–H groups in total. The van der Waals surface area contributed by atoms with E-state index in [1.165, 1.54) is 23.8 Å². The van der Waals surface area contributed by atoms with Gasteiger partial charge in [0, 0.05) is 24.6 Å². The molecular formula is C31H32N2O3. The number of likely N-dealkylation sites (tertiary alicyclic amines) is 1. The maximum Gasteiger partial charge on any atom is 0.225 e. The quantitative estimate of drug-likeness (QED) is 0.329. The Balaban J connectivity index is 1.34. The van der Waals surface area contributed by atoms with Crippen molar-refractivity contribution in [3.8, 4) is 28.7 Å². The second-order valence-corrected chi connectivity index (χ2v) is 9.00. The van der Waals surface area contributed by atoms with Crippen molar-refractivity contribution in [2.24, 2.45) is 0 Å². The van der Waals surface area contributed by atoms with Gasteiger partial charge < -0.3 is 15.0 Å². The number of piperidine rings is 1. The minimum Gasteiger partial charge on any atom is -0.496 e. The molecule has 1 heterocycles. The average Bonchev–Trinajstić information content (AvgIpc) is 2.93. The van der Waals surface area contributed by atoms with Gasteiger partial charge in [0.05, 0.1) is 18.4 Å². The zero-order valence-electron chi connectivity index (χ0n) is 20.9. The van der Waals surface area contributed by atoms with Gasteiger partial charge in [-0.1, -0.05) is 60.5 Å². The fourth-order valence-electron chi connectivity index (χ4n) is 4.88. The molecule has 0 unspecified atom stereocenters. The topological polar surface area (TPSA) is 58.6 Å². The number of hydrogen-bond donors (Lipinski definition) is 1. The number of carbonyl (C=O) groups is 2. The van der Waals surface area contributed by atoms with Gasteiger partial charge in [0.15, 0.2) is 6.29 Å². The van der Waals surface area contributed by atoms with Crippen LogP contribution in [0, 0.1) is 11.8 Å². The van der Waals surface area contributed by atoms with Crippen molar-refractivity contribution in [3.05, 3.63) is 83.4 Å². The molecule has 0 spiro atoms. The van der Waals surface area contributed by atoms with E-state index in [-0.39, 0.29) is 5.91 Å². The van der Waals surface area contributed by atoms with E-state index in [2.05, 4.69) is 76.7 Å². The van der Waals surface area contributed by atoms with Gasteiger partial charge in [-0.05, 0) is 61.5 Å².